The minimum atomic E-state index is -3.49. The summed E-state index contributed by atoms with van der Waals surface area (Å²) in [5.74, 6) is 5.60. The van der Waals surface area contributed by atoms with Gasteiger partial charge in [-0.15, -0.1) is 0 Å². The Morgan fingerprint density at radius 1 is 1.40 bits per heavy atom. The second-order valence-electron chi connectivity index (χ2n) is 5.11. The van der Waals surface area contributed by atoms with E-state index in [2.05, 4.69) is 11.8 Å². The molecule has 4 nitrogen and oxygen atoms in total. The summed E-state index contributed by atoms with van der Waals surface area (Å²) >= 11 is 0. The fourth-order valence-electron chi connectivity index (χ4n) is 2.21. The number of aryl methyl sites for hydroxylation is 1. The lowest BCUT2D eigenvalue weighted by Gasteiger charge is -2.34. The third kappa shape index (κ3) is 2.88. The molecule has 1 aliphatic rings. The van der Waals surface area contributed by atoms with Crippen molar-refractivity contribution in [2.45, 2.75) is 37.1 Å². The molecule has 0 unspecified atom stereocenters. The van der Waals surface area contributed by atoms with E-state index in [9.17, 15) is 8.42 Å². The fourth-order valence-corrected chi connectivity index (χ4v) is 3.76. The molecule has 1 fully saturated rings. The van der Waals surface area contributed by atoms with Gasteiger partial charge in [-0.05, 0) is 37.5 Å². The van der Waals surface area contributed by atoms with Crippen LogP contribution in [0.25, 0.3) is 0 Å². The highest BCUT2D eigenvalue weighted by Crippen LogP contribution is 2.29. The van der Waals surface area contributed by atoms with Gasteiger partial charge < -0.3 is 5.73 Å². The van der Waals surface area contributed by atoms with E-state index in [1.165, 1.54) is 4.31 Å². The Bertz CT molecular complexity index is 652. The van der Waals surface area contributed by atoms with Gasteiger partial charge in [0, 0.05) is 18.7 Å². The lowest BCUT2D eigenvalue weighted by molar-refractivity contribution is 0.249. The van der Waals surface area contributed by atoms with Crippen molar-refractivity contribution >= 4 is 10.0 Å². The van der Waals surface area contributed by atoms with Gasteiger partial charge in [-0.1, -0.05) is 24.3 Å². The van der Waals surface area contributed by atoms with E-state index in [0.29, 0.717) is 5.56 Å². The van der Waals surface area contributed by atoms with Gasteiger partial charge in [0.15, 0.2) is 0 Å². The lowest BCUT2D eigenvalue weighted by Crippen LogP contribution is -2.41. The molecule has 0 saturated heterocycles. The van der Waals surface area contributed by atoms with E-state index in [0.717, 1.165) is 24.8 Å². The largest absolute Gasteiger partial charge is 0.320 e. The maximum Gasteiger partial charge on any atom is 0.244 e. The number of rotatable bonds is 3. The number of hydrogen-bond donors (Lipinski definition) is 1. The Kier molecular flexibility index (Phi) is 4.48. The monoisotopic (exact) mass is 292 g/mol. The van der Waals surface area contributed by atoms with Crippen LogP contribution in [0.5, 0.6) is 0 Å². The predicted molar refractivity (Wildman–Crippen MR) is 79.7 cm³/mol. The molecule has 108 valence electrons. The molecule has 0 radical (unpaired) electrons. The molecule has 0 spiro atoms. The predicted octanol–water partition coefficient (Wildman–Crippen LogP) is 1.48. The molecule has 0 aromatic heterocycles. The Labute approximate surface area is 121 Å². The Morgan fingerprint density at radius 2 is 2.10 bits per heavy atom. The fraction of sp³-hybridized carbons (Fsp3) is 0.467. The van der Waals surface area contributed by atoms with E-state index >= 15 is 0 Å². The van der Waals surface area contributed by atoms with Crippen molar-refractivity contribution in [1.82, 2.24) is 4.31 Å². The van der Waals surface area contributed by atoms with Crippen LogP contribution in [0.15, 0.2) is 23.1 Å². The summed E-state index contributed by atoms with van der Waals surface area (Å²) in [6, 6.07) is 5.36. The minimum Gasteiger partial charge on any atom is -0.320 e. The molecular formula is C15H20N2O2S. The quantitative estimate of drug-likeness (QED) is 0.858. The summed E-state index contributed by atoms with van der Waals surface area (Å²) in [7, 11) is -1.83. The number of sulfonamides is 1. The summed E-state index contributed by atoms with van der Waals surface area (Å²) in [5.41, 5.74) is 6.89. The van der Waals surface area contributed by atoms with Crippen molar-refractivity contribution in [2.24, 2.45) is 5.73 Å². The van der Waals surface area contributed by atoms with Crippen LogP contribution in [0.2, 0.25) is 0 Å². The van der Waals surface area contributed by atoms with E-state index in [4.69, 9.17) is 5.73 Å². The van der Waals surface area contributed by atoms with Gasteiger partial charge >= 0.3 is 0 Å². The molecule has 1 saturated carbocycles. The highest BCUT2D eigenvalue weighted by molar-refractivity contribution is 7.89. The first-order chi connectivity index (χ1) is 9.46. The zero-order valence-corrected chi connectivity index (χ0v) is 12.7. The smallest absolute Gasteiger partial charge is 0.244 e. The molecule has 0 heterocycles. The van der Waals surface area contributed by atoms with Gasteiger partial charge in [-0.25, -0.2) is 8.42 Å². The lowest BCUT2D eigenvalue weighted by atomic mass is 9.94. The van der Waals surface area contributed by atoms with Crippen LogP contribution in [0, 0.1) is 18.8 Å². The maximum absolute atomic E-state index is 12.7. The minimum absolute atomic E-state index is 0.122. The van der Waals surface area contributed by atoms with Gasteiger partial charge in [-0.2, -0.15) is 4.31 Å². The summed E-state index contributed by atoms with van der Waals surface area (Å²) < 4.78 is 26.9. The molecule has 2 rings (SSSR count). The molecular weight excluding hydrogens is 272 g/mol. The van der Waals surface area contributed by atoms with Gasteiger partial charge in [0.1, 0.15) is 0 Å². The van der Waals surface area contributed by atoms with Gasteiger partial charge in [0.2, 0.25) is 10.0 Å². The van der Waals surface area contributed by atoms with E-state index in [-0.39, 0.29) is 17.5 Å². The van der Waals surface area contributed by atoms with Crippen LogP contribution in [0.1, 0.15) is 30.4 Å². The molecule has 1 aromatic rings. The first-order valence-corrected chi connectivity index (χ1v) is 8.18. The summed E-state index contributed by atoms with van der Waals surface area (Å²) in [4.78, 5) is 0.276. The Hall–Kier alpha value is -1.35. The van der Waals surface area contributed by atoms with Crippen molar-refractivity contribution in [1.29, 1.82) is 0 Å². The van der Waals surface area contributed by atoms with Crippen molar-refractivity contribution < 1.29 is 8.42 Å². The zero-order valence-electron chi connectivity index (χ0n) is 11.9. The molecule has 20 heavy (non-hydrogen) atoms. The standard InChI is InChI=1S/C15H20N2O2S/c1-12-8-9-15(13(11-12)5-4-10-16)20(18,19)17(2)14-6-3-7-14/h8-9,11,14H,3,6-7,10,16H2,1-2H3. The molecule has 5 heteroatoms. The first-order valence-electron chi connectivity index (χ1n) is 6.74. The molecule has 0 aliphatic heterocycles. The highest BCUT2D eigenvalue weighted by Gasteiger charge is 2.32. The SMILES string of the molecule is Cc1ccc(S(=O)(=O)N(C)C2CCC2)c(C#CCN)c1. The van der Waals surface area contributed by atoms with Gasteiger partial charge in [0.05, 0.1) is 11.4 Å². The second kappa shape index (κ2) is 5.96. The van der Waals surface area contributed by atoms with Gasteiger partial charge in [0.25, 0.3) is 0 Å². The zero-order chi connectivity index (χ0) is 14.8. The number of benzene rings is 1. The second-order valence-corrected chi connectivity index (χ2v) is 7.08. The average Bonchev–Trinajstić information content (AvgIpc) is 2.34. The molecule has 2 N–H and O–H groups in total. The number of nitrogens with zero attached hydrogens (tertiary/aromatic N) is 1. The molecule has 1 aromatic carbocycles. The highest BCUT2D eigenvalue weighted by atomic mass is 32.2. The number of nitrogens with two attached hydrogens (primary N) is 1. The summed E-state index contributed by atoms with van der Waals surface area (Å²) in [6.45, 7) is 2.13. The van der Waals surface area contributed by atoms with E-state index in [1.807, 2.05) is 6.92 Å². The van der Waals surface area contributed by atoms with Crippen LogP contribution in [0.4, 0.5) is 0 Å². The summed E-state index contributed by atoms with van der Waals surface area (Å²) in [5, 5.41) is 0. The topological polar surface area (TPSA) is 63.4 Å². The average molecular weight is 292 g/mol. The Morgan fingerprint density at radius 3 is 2.65 bits per heavy atom. The normalized spacial score (nSPS) is 15.6. The maximum atomic E-state index is 12.7. The molecule has 1 aliphatic carbocycles. The van der Waals surface area contributed by atoms with Crippen LogP contribution < -0.4 is 5.73 Å². The Balaban J connectivity index is 2.45. The third-order valence-electron chi connectivity index (χ3n) is 3.71. The van der Waals surface area contributed by atoms with Crippen LogP contribution in [-0.4, -0.2) is 32.4 Å². The van der Waals surface area contributed by atoms with Crippen molar-refractivity contribution in [3.05, 3.63) is 29.3 Å². The van der Waals surface area contributed by atoms with E-state index < -0.39 is 10.0 Å². The molecule has 0 bridgehead atoms. The first kappa shape index (κ1) is 15.0. The molecule has 0 atom stereocenters. The van der Waals surface area contributed by atoms with Crippen LogP contribution in [0.3, 0.4) is 0 Å². The molecule has 0 amide bonds. The summed E-state index contributed by atoms with van der Waals surface area (Å²) in [6.07, 6.45) is 2.97. The van der Waals surface area contributed by atoms with Crippen LogP contribution in [-0.2, 0) is 10.0 Å². The van der Waals surface area contributed by atoms with Crippen molar-refractivity contribution in [3.8, 4) is 11.8 Å². The van der Waals surface area contributed by atoms with Crippen molar-refractivity contribution in [3.63, 3.8) is 0 Å². The van der Waals surface area contributed by atoms with Gasteiger partial charge in [-0.3, -0.25) is 0 Å². The third-order valence-corrected chi connectivity index (χ3v) is 5.67. The number of hydrogen-bond acceptors (Lipinski definition) is 3. The van der Waals surface area contributed by atoms with Crippen molar-refractivity contribution in [2.75, 3.05) is 13.6 Å². The van der Waals surface area contributed by atoms with E-state index in [1.54, 1.807) is 25.2 Å². The van der Waals surface area contributed by atoms with Crippen LogP contribution >= 0.6 is 0 Å².